The molecule has 1 aromatic carbocycles. The Bertz CT molecular complexity index is 347. The van der Waals surface area contributed by atoms with Gasteiger partial charge in [-0.3, -0.25) is 0 Å². The first kappa shape index (κ1) is 13.9. The van der Waals surface area contributed by atoms with Crippen molar-refractivity contribution in [3.05, 3.63) is 29.3 Å². The molecule has 5 heteroatoms. The Morgan fingerprint density at radius 2 is 1.82 bits per heavy atom. The minimum atomic E-state index is -0.720. The average molecular weight is 245 g/mol. The van der Waals surface area contributed by atoms with Gasteiger partial charge < -0.3 is 14.8 Å². The minimum Gasteiger partial charge on any atom is -0.461 e. The van der Waals surface area contributed by atoms with Crippen molar-refractivity contribution in [1.29, 1.82) is 0 Å². The molecule has 96 valence electrons. The summed E-state index contributed by atoms with van der Waals surface area (Å²) in [6.07, 6.45) is 0. The monoisotopic (exact) mass is 245 g/mol. The van der Waals surface area contributed by atoms with Gasteiger partial charge in [0.05, 0.1) is 0 Å². The molecule has 0 aliphatic rings. The van der Waals surface area contributed by atoms with E-state index in [1.54, 1.807) is 0 Å². The van der Waals surface area contributed by atoms with Gasteiger partial charge in [-0.15, -0.1) is 0 Å². The van der Waals surface area contributed by atoms with E-state index in [1.165, 1.54) is 19.2 Å². The second-order valence-electron chi connectivity index (χ2n) is 3.98. The fourth-order valence-corrected chi connectivity index (χ4v) is 1.29. The summed E-state index contributed by atoms with van der Waals surface area (Å²) in [5, 5.41) is 3.08. The lowest BCUT2D eigenvalue weighted by Gasteiger charge is -2.11. The molecule has 17 heavy (non-hydrogen) atoms. The van der Waals surface area contributed by atoms with Crippen LogP contribution in [0.25, 0.3) is 0 Å². The van der Waals surface area contributed by atoms with Gasteiger partial charge in [0.25, 0.3) is 0 Å². The van der Waals surface area contributed by atoms with Crippen LogP contribution in [0.1, 0.15) is 19.4 Å². The van der Waals surface area contributed by atoms with Crippen LogP contribution in [0.5, 0.6) is 5.75 Å². The van der Waals surface area contributed by atoms with E-state index in [1.807, 2.05) is 13.8 Å². The van der Waals surface area contributed by atoms with E-state index in [-0.39, 0.29) is 12.8 Å². The molecular weight excluding hydrogens is 228 g/mol. The van der Waals surface area contributed by atoms with E-state index in [2.05, 4.69) is 10.1 Å². The lowest BCUT2D eigenvalue weighted by Crippen LogP contribution is -2.22. The zero-order valence-corrected chi connectivity index (χ0v) is 10.2. The Hall–Kier alpha value is -1.20. The zero-order valence-electron chi connectivity index (χ0n) is 10.2. The molecule has 0 aromatic heterocycles. The maximum absolute atomic E-state index is 13.5. The second kappa shape index (κ2) is 6.51. The van der Waals surface area contributed by atoms with Crippen molar-refractivity contribution >= 4 is 0 Å². The topological polar surface area (TPSA) is 30.5 Å². The highest BCUT2D eigenvalue weighted by molar-refractivity contribution is 5.31. The van der Waals surface area contributed by atoms with Crippen LogP contribution >= 0.6 is 0 Å². The summed E-state index contributed by atoms with van der Waals surface area (Å²) in [5.41, 5.74) is 0.540. The summed E-state index contributed by atoms with van der Waals surface area (Å²) in [4.78, 5) is 0. The van der Waals surface area contributed by atoms with E-state index in [9.17, 15) is 8.78 Å². The second-order valence-corrected chi connectivity index (χ2v) is 3.98. The number of ether oxygens (including phenoxy) is 2. The van der Waals surface area contributed by atoms with Crippen molar-refractivity contribution in [3.8, 4) is 5.75 Å². The van der Waals surface area contributed by atoms with Gasteiger partial charge in [-0.05, 0) is 17.7 Å². The van der Waals surface area contributed by atoms with E-state index in [4.69, 9.17) is 4.74 Å². The first-order valence-electron chi connectivity index (χ1n) is 5.37. The fourth-order valence-electron chi connectivity index (χ4n) is 1.29. The summed E-state index contributed by atoms with van der Waals surface area (Å²) in [5.74, 6) is -1.84. The number of hydrogen-bond donors (Lipinski definition) is 1. The summed E-state index contributed by atoms with van der Waals surface area (Å²) in [6, 6.07) is 2.76. The normalized spacial score (nSPS) is 10.9. The van der Waals surface area contributed by atoms with Crippen LogP contribution in [0, 0.1) is 11.6 Å². The van der Waals surface area contributed by atoms with Crippen molar-refractivity contribution in [2.75, 3.05) is 13.9 Å². The molecule has 0 heterocycles. The highest BCUT2D eigenvalue weighted by Crippen LogP contribution is 2.23. The van der Waals surface area contributed by atoms with Crippen LogP contribution in [0.15, 0.2) is 12.1 Å². The number of hydrogen-bond acceptors (Lipinski definition) is 3. The van der Waals surface area contributed by atoms with E-state index in [0.29, 0.717) is 12.1 Å². The maximum atomic E-state index is 13.5. The molecule has 0 amide bonds. The molecule has 0 saturated heterocycles. The predicted molar refractivity (Wildman–Crippen MR) is 60.8 cm³/mol. The van der Waals surface area contributed by atoms with Gasteiger partial charge in [0.15, 0.2) is 24.2 Å². The Morgan fingerprint density at radius 3 is 2.29 bits per heavy atom. The molecule has 1 rings (SSSR count). The zero-order chi connectivity index (χ0) is 12.8. The van der Waals surface area contributed by atoms with Gasteiger partial charge in [0.2, 0.25) is 0 Å². The fraction of sp³-hybridized carbons (Fsp3) is 0.500. The van der Waals surface area contributed by atoms with Gasteiger partial charge in [0.1, 0.15) is 0 Å². The standard InChI is InChI=1S/C12H17F2NO2/c1-8(2)15-6-9-4-10(13)12(11(14)5-9)17-7-16-3/h4-5,8,15H,6-7H2,1-3H3. The Labute approximate surface area is 99.7 Å². The molecule has 0 atom stereocenters. The van der Waals surface area contributed by atoms with Gasteiger partial charge in [0, 0.05) is 19.7 Å². The number of halogens is 2. The molecular formula is C12H17F2NO2. The minimum absolute atomic E-state index is 0.183. The first-order valence-corrected chi connectivity index (χ1v) is 5.37. The SMILES string of the molecule is COCOc1c(F)cc(CNC(C)C)cc1F. The molecule has 0 unspecified atom stereocenters. The molecule has 3 nitrogen and oxygen atoms in total. The van der Waals surface area contributed by atoms with Crippen LogP contribution in [-0.4, -0.2) is 19.9 Å². The largest absolute Gasteiger partial charge is 0.461 e. The van der Waals surface area contributed by atoms with Crippen LogP contribution in [-0.2, 0) is 11.3 Å². The summed E-state index contributed by atoms with van der Waals surface area (Å²) in [6.45, 7) is 4.15. The highest BCUT2D eigenvalue weighted by atomic mass is 19.1. The number of rotatable bonds is 6. The molecule has 0 aliphatic carbocycles. The number of benzene rings is 1. The van der Waals surface area contributed by atoms with Crippen LogP contribution < -0.4 is 10.1 Å². The van der Waals surface area contributed by atoms with Crippen molar-refractivity contribution in [1.82, 2.24) is 5.32 Å². The van der Waals surface area contributed by atoms with E-state index in [0.717, 1.165) is 0 Å². The van der Waals surface area contributed by atoms with Crippen molar-refractivity contribution in [2.45, 2.75) is 26.4 Å². The summed E-state index contributed by atoms with van der Waals surface area (Å²) in [7, 11) is 1.39. The maximum Gasteiger partial charge on any atom is 0.193 e. The summed E-state index contributed by atoms with van der Waals surface area (Å²) < 4.78 is 36.4. The summed E-state index contributed by atoms with van der Waals surface area (Å²) >= 11 is 0. The molecule has 0 bridgehead atoms. The third-order valence-corrected chi connectivity index (χ3v) is 2.09. The van der Waals surface area contributed by atoms with Gasteiger partial charge in [-0.25, -0.2) is 8.78 Å². The van der Waals surface area contributed by atoms with E-state index < -0.39 is 17.4 Å². The molecule has 0 radical (unpaired) electrons. The van der Waals surface area contributed by atoms with Crippen molar-refractivity contribution < 1.29 is 18.3 Å². The molecule has 1 aromatic rings. The lowest BCUT2D eigenvalue weighted by atomic mass is 10.2. The third-order valence-electron chi connectivity index (χ3n) is 2.09. The molecule has 0 fully saturated rings. The Kier molecular flexibility index (Phi) is 5.31. The Morgan fingerprint density at radius 1 is 1.24 bits per heavy atom. The van der Waals surface area contributed by atoms with E-state index >= 15 is 0 Å². The van der Waals surface area contributed by atoms with Crippen LogP contribution in [0.4, 0.5) is 8.78 Å². The molecule has 0 spiro atoms. The highest BCUT2D eigenvalue weighted by Gasteiger charge is 2.12. The quantitative estimate of drug-likeness (QED) is 0.781. The van der Waals surface area contributed by atoms with Crippen molar-refractivity contribution in [3.63, 3.8) is 0 Å². The number of nitrogens with one attached hydrogen (secondary N) is 1. The van der Waals surface area contributed by atoms with Gasteiger partial charge in [-0.1, -0.05) is 13.8 Å². The Balaban J connectivity index is 2.78. The first-order chi connectivity index (χ1) is 8.04. The number of methoxy groups -OCH3 is 1. The smallest absolute Gasteiger partial charge is 0.193 e. The average Bonchev–Trinajstić information content (AvgIpc) is 2.25. The predicted octanol–water partition coefficient (Wildman–Crippen LogP) is 2.45. The lowest BCUT2D eigenvalue weighted by molar-refractivity contribution is 0.0452. The molecule has 0 saturated carbocycles. The molecule has 1 N–H and O–H groups in total. The third kappa shape index (κ3) is 4.28. The van der Waals surface area contributed by atoms with Gasteiger partial charge >= 0.3 is 0 Å². The van der Waals surface area contributed by atoms with Gasteiger partial charge in [-0.2, -0.15) is 0 Å². The van der Waals surface area contributed by atoms with Crippen LogP contribution in [0.2, 0.25) is 0 Å². The van der Waals surface area contributed by atoms with Crippen molar-refractivity contribution in [2.24, 2.45) is 0 Å². The molecule has 0 aliphatic heterocycles. The van der Waals surface area contributed by atoms with Crippen LogP contribution in [0.3, 0.4) is 0 Å².